The molecule has 196 valence electrons. The van der Waals surface area contributed by atoms with E-state index in [-0.39, 0.29) is 23.5 Å². The molecule has 6 nitrogen and oxygen atoms in total. The highest BCUT2D eigenvalue weighted by atomic mass is 35.5. The van der Waals surface area contributed by atoms with E-state index in [1.54, 1.807) is 13.8 Å². The highest BCUT2D eigenvalue weighted by Gasteiger charge is 2.50. The number of carbonyl (C=O) groups excluding carboxylic acids is 1. The normalized spacial score (nSPS) is 24.5. The Labute approximate surface area is 222 Å². The first kappa shape index (κ1) is 25.8. The fourth-order valence-corrected chi connectivity index (χ4v) is 6.38. The third-order valence-corrected chi connectivity index (χ3v) is 8.62. The van der Waals surface area contributed by atoms with Crippen LogP contribution in [-0.4, -0.2) is 34.2 Å². The Bertz CT molecular complexity index is 1400. The van der Waals surface area contributed by atoms with Gasteiger partial charge in [0.2, 0.25) is 0 Å². The van der Waals surface area contributed by atoms with Gasteiger partial charge in [-0.1, -0.05) is 36.6 Å². The second kappa shape index (κ2) is 9.80. The van der Waals surface area contributed by atoms with E-state index < -0.39 is 11.7 Å². The minimum absolute atomic E-state index is 0.0497. The van der Waals surface area contributed by atoms with Gasteiger partial charge in [-0.3, -0.25) is 4.79 Å². The van der Waals surface area contributed by atoms with E-state index >= 15 is 0 Å². The SMILES string of the molecule is Cc1cc(O[C@@H](C)C(=O)N2CC[C@]3(O)CCCC[C@H]3[C@@H]2c2ccc(Cl)cc2)c2c(C)c(C)c(=O)oc2c1. The van der Waals surface area contributed by atoms with Crippen LogP contribution in [0.4, 0.5) is 0 Å². The smallest absolute Gasteiger partial charge is 0.339 e. The van der Waals surface area contributed by atoms with Crippen LogP contribution < -0.4 is 10.4 Å². The average molecular weight is 524 g/mol. The van der Waals surface area contributed by atoms with E-state index in [0.717, 1.165) is 42.4 Å². The van der Waals surface area contributed by atoms with Crippen molar-refractivity contribution in [2.24, 2.45) is 5.92 Å². The van der Waals surface area contributed by atoms with E-state index in [9.17, 15) is 14.7 Å². The third kappa shape index (κ3) is 4.66. The van der Waals surface area contributed by atoms with E-state index in [0.29, 0.717) is 40.3 Å². The van der Waals surface area contributed by atoms with Gasteiger partial charge in [0.1, 0.15) is 11.3 Å². The number of fused-ring (bicyclic) bond motifs is 2. The average Bonchev–Trinajstić information content (AvgIpc) is 2.86. The lowest BCUT2D eigenvalue weighted by Gasteiger charge is -2.53. The minimum atomic E-state index is -0.777. The van der Waals surface area contributed by atoms with Gasteiger partial charge < -0.3 is 19.2 Å². The number of amides is 1. The summed E-state index contributed by atoms with van der Waals surface area (Å²) in [4.78, 5) is 28.1. The predicted molar refractivity (Wildman–Crippen MR) is 144 cm³/mol. The topological polar surface area (TPSA) is 80.0 Å². The molecule has 2 aliphatic rings. The minimum Gasteiger partial charge on any atom is -0.480 e. The van der Waals surface area contributed by atoms with Gasteiger partial charge in [0.15, 0.2) is 6.10 Å². The molecule has 0 radical (unpaired) electrons. The van der Waals surface area contributed by atoms with Gasteiger partial charge in [0.05, 0.1) is 17.0 Å². The molecule has 37 heavy (non-hydrogen) atoms. The van der Waals surface area contributed by atoms with Crippen molar-refractivity contribution >= 4 is 28.5 Å². The lowest BCUT2D eigenvalue weighted by atomic mass is 9.66. The van der Waals surface area contributed by atoms with Crippen LogP contribution in [0.15, 0.2) is 45.6 Å². The zero-order valence-electron chi connectivity index (χ0n) is 21.8. The number of hydrogen-bond donors (Lipinski definition) is 1. The van der Waals surface area contributed by atoms with E-state index in [1.807, 2.05) is 55.1 Å². The van der Waals surface area contributed by atoms with Crippen LogP contribution in [0.5, 0.6) is 5.75 Å². The van der Waals surface area contributed by atoms with Crippen LogP contribution in [0.3, 0.4) is 0 Å². The van der Waals surface area contributed by atoms with Crippen molar-refractivity contribution < 1.29 is 19.1 Å². The molecule has 7 heteroatoms. The Balaban J connectivity index is 1.50. The van der Waals surface area contributed by atoms with Gasteiger partial charge in [0, 0.05) is 23.0 Å². The van der Waals surface area contributed by atoms with Crippen molar-refractivity contribution in [3.63, 3.8) is 0 Å². The molecule has 1 saturated heterocycles. The van der Waals surface area contributed by atoms with E-state index in [1.165, 1.54) is 0 Å². The first-order valence-electron chi connectivity index (χ1n) is 13.1. The molecule has 4 atom stereocenters. The highest BCUT2D eigenvalue weighted by molar-refractivity contribution is 6.30. The maximum atomic E-state index is 14.0. The summed E-state index contributed by atoms with van der Waals surface area (Å²) in [7, 11) is 0. The van der Waals surface area contributed by atoms with Crippen LogP contribution in [0.2, 0.25) is 5.02 Å². The molecule has 1 aliphatic carbocycles. The number of piperidine rings is 1. The van der Waals surface area contributed by atoms with Gasteiger partial charge in [-0.15, -0.1) is 0 Å². The van der Waals surface area contributed by atoms with Crippen LogP contribution >= 0.6 is 11.6 Å². The summed E-state index contributed by atoms with van der Waals surface area (Å²) in [6.07, 6.45) is 3.43. The summed E-state index contributed by atoms with van der Waals surface area (Å²) in [6, 6.07) is 11.0. The third-order valence-electron chi connectivity index (χ3n) is 8.37. The summed E-state index contributed by atoms with van der Waals surface area (Å²) in [5, 5.41) is 12.9. The number of benzene rings is 2. The molecule has 1 saturated carbocycles. The van der Waals surface area contributed by atoms with Crippen LogP contribution in [0, 0.1) is 26.7 Å². The number of carbonyl (C=O) groups is 1. The molecule has 1 amide bonds. The fraction of sp³-hybridized carbons (Fsp3) is 0.467. The monoisotopic (exact) mass is 523 g/mol. The molecule has 1 N–H and O–H groups in total. The number of likely N-dealkylation sites (tertiary alicyclic amines) is 1. The van der Waals surface area contributed by atoms with Crippen molar-refractivity contribution in [1.29, 1.82) is 0 Å². The molecule has 3 aromatic rings. The Morgan fingerprint density at radius 3 is 2.59 bits per heavy atom. The van der Waals surface area contributed by atoms with Gasteiger partial charge in [0.25, 0.3) is 5.91 Å². The number of ether oxygens (including phenoxy) is 1. The second-order valence-electron chi connectivity index (χ2n) is 10.8. The zero-order chi connectivity index (χ0) is 26.5. The quantitative estimate of drug-likeness (QED) is 0.422. The fourth-order valence-electron chi connectivity index (χ4n) is 6.26. The molecule has 1 aliphatic heterocycles. The Kier molecular flexibility index (Phi) is 6.84. The molecule has 5 rings (SSSR count). The first-order chi connectivity index (χ1) is 17.6. The molecular weight excluding hydrogens is 490 g/mol. The van der Waals surface area contributed by atoms with Crippen molar-refractivity contribution in [1.82, 2.24) is 4.90 Å². The number of aryl methyl sites for hydroxylation is 2. The van der Waals surface area contributed by atoms with Crippen LogP contribution in [-0.2, 0) is 4.79 Å². The summed E-state index contributed by atoms with van der Waals surface area (Å²) < 4.78 is 11.9. The zero-order valence-corrected chi connectivity index (χ0v) is 22.6. The molecule has 0 bridgehead atoms. The van der Waals surface area contributed by atoms with E-state index in [4.69, 9.17) is 20.8 Å². The number of hydrogen-bond acceptors (Lipinski definition) is 5. The summed E-state index contributed by atoms with van der Waals surface area (Å²) >= 11 is 6.17. The predicted octanol–water partition coefficient (Wildman–Crippen LogP) is 6.03. The maximum Gasteiger partial charge on any atom is 0.339 e. The molecule has 2 aromatic carbocycles. The number of rotatable bonds is 4. The summed E-state index contributed by atoms with van der Waals surface area (Å²) in [5.74, 6) is 0.342. The van der Waals surface area contributed by atoms with Gasteiger partial charge in [-0.2, -0.15) is 0 Å². The number of halogens is 1. The van der Waals surface area contributed by atoms with Crippen molar-refractivity contribution in [2.75, 3.05) is 6.54 Å². The molecule has 0 spiro atoms. The van der Waals surface area contributed by atoms with Gasteiger partial charge >= 0.3 is 5.63 Å². The van der Waals surface area contributed by atoms with Gasteiger partial charge in [-0.05, 0) is 87.9 Å². The standard InChI is InChI=1S/C30H34ClNO5/c1-17-15-24(26-18(2)19(3)29(34)37-25(26)16-17)36-20(4)28(33)32-14-13-30(35)12-6-5-7-23(30)27(32)21-8-10-22(31)11-9-21/h8-11,15-16,20,23,27,35H,5-7,12-14H2,1-4H3/t20-,23-,27-,30+/m0/s1. The summed E-state index contributed by atoms with van der Waals surface area (Å²) in [6.45, 7) is 7.72. The second-order valence-corrected chi connectivity index (χ2v) is 11.2. The lowest BCUT2D eigenvalue weighted by Crippen LogP contribution is -2.58. The van der Waals surface area contributed by atoms with Gasteiger partial charge in [-0.25, -0.2) is 4.79 Å². The molecule has 0 unspecified atom stereocenters. The molecule has 2 fully saturated rings. The molecule has 1 aromatic heterocycles. The Morgan fingerprint density at radius 2 is 1.86 bits per heavy atom. The number of nitrogens with zero attached hydrogens (tertiary/aromatic N) is 1. The van der Waals surface area contributed by atoms with Crippen molar-refractivity contribution in [3.8, 4) is 5.75 Å². The highest BCUT2D eigenvalue weighted by Crippen LogP contribution is 2.49. The maximum absolute atomic E-state index is 14.0. The van der Waals surface area contributed by atoms with Crippen molar-refractivity contribution in [2.45, 2.75) is 77.5 Å². The molecule has 2 heterocycles. The van der Waals surface area contributed by atoms with Crippen molar-refractivity contribution in [3.05, 3.63) is 74.1 Å². The molecular formula is C30H34ClNO5. The first-order valence-corrected chi connectivity index (χ1v) is 13.5. The van der Waals surface area contributed by atoms with Crippen LogP contribution in [0.25, 0.3) is 11.0 Å². The summed E-state index contributed by atoms with van der Waals surface area (Å²) in [5.41, 5.74) is 2.46. The van der Waals surface area contributed by atoms with Crippen LogP contribution in [0.1, 0.15) is 67.3 Å². The number of aliphatic hydroxyl groups is 1. The Morgan fingerprint density at radius 1 is 1.14 bits per heavy atom. The van der Waals surface area contributed by atoms with E-state index in [2.05, 4.69) is 0 Å². The Hall–Kier alpha value is -2.83. The largest absolute Gasteiger partial charge is 0.480 e. The lowest BCUT2D eigenvalue weighted by molar-refractivity contribution is -0.161.